The average Bonchev–Trinajstić information content (AvgIpc) is 3.17. The SMILES string of the molecule is O=C(O)C1CCC(C(=O)Nc2ccc(N3CCCC3=O)cc2)O1. The van der Waals surface area contributed by atoms with Crippen molar-refractivity contribution < 1.29 is 24.2 Å². The van der Waals surface area contributed by atoms with Crippen molar-refractivity contribution in [2.45, 2.75) is 37.9 Å². The molecule has 3 rings (SSSR count). The zero-order valence-electron chi connectivity index (χ0n) is 12.5. The number of ether oxygens (including phenoxy) is 1. The Morgan fingerprint density at radius 3 is 2.43 bits per heavy atom. The van der Waals surface area contributed by atoms with Crippen LogP contribution in [0.2, 0.25) is 0 Å². The van der Waals surface area contributed by atoms with Crippen LogP contribution in [0, 0.1) is 0 Å². The van der Waals surface area contributed by atoms with E-state index in [1.165, 1.54) is 0 Å². The minimum atomic E-state index is -1.04. The van der Waals surface area contributed by atoms with E-state index in [9.17, 15) is 14.4 Å². The lowest BCUT2D eigenvalue weighted by Gasteiger charge is -2.16. The van der Waals surface area contributed by atoms with Gasteiger partial charge in [-0.15, -0.1) is 0 Å². The van der Waals surface area contributed by atoms with Gasteiger partial charge in [0.25, 0.3) is 5.91 Å². The van der Waals surface area contributed by atoms with E-state index in [4.69, 9.17) is 9.84 Å². The Kier molecular flexibility index (Phi) is 4.29. The maximum absolute atomic E-state index is 12.1. The molecule has 2 unspecified atom stereocenters. The zero-order valence-corrected chi connectivity index (χ0v) is 12.5. The van der Waals surface area contributed by atoms with Gasteiger partial charge in [0.05, 0.1) is 0 Å². The largest absolute Gasteiger partial charge is 0.479 e. The molecule has 0 radical (unpaired) electrons. The molecule has 0 aliphatic carbocycles. The van der Waals surface area contributed by atoms with E-state index >= 15 is 0 Å². The molecule has 0 saturated carbocycles. The second kappa shape index (κ2) is 6.37. The summed E-state index contributed by atoms with van der Waals surface area (Å²) < 4.78 is 5.21. The maximum Gasteiger partial charge on any atom is 0.332 e. The minimum absolute atomic E-state index is 0.112. The number of amides is 2. The van der Waals surface area contributed by atoms with E-state index in [0.717, 1.165) is 18.7 Å². The Morgan fingerprint density at radius 2 is 1.87 bits per heavy atom. The summed E-state index contributed by atoms with van der Waals surface area (Å²) in [5.41, 5.74) is 1.40. The smallest absolute Gasteiger partial charge is 0.332 e. The van der Waals surface area contributed by atoms with Crippen LogP contribution < -0.4 is 10.2 Å². The molecule has 2 aliphatic heterocycles. The molecule has 7 heteroatoms. The zero-order chi connectivity index (χ0) is 16.4. The van der Waals surface area contributed by atoms with Gasteiger partial charge < -0.3 is 20.1 Å². The number of benzene rings is 1. The monoisotopic (exact) mass is 318 g/mol. The van der Waals surface area contributed by atoms with E-state index in [0.29, 0.717) is 24.9 Å². The molecular weight excluding hydrogens is 300 g/mol. The first-order valence-corrected chi connectivity index (χ1v) is 7.64. The summed E-state index contributed by atoms with van der Waals surface area (Å²) in [5.74, 6) is -1.28. The van der Waals surface area contributed by atoms with Crippen LogP contribution in [0.4, 0.5) is 11.4 Å². The molecule has 2 amide bonds. The molecule has 2 atom stereocenters. The van der Waals surface area contributed by atoms with Gasteiger partial charge in [0, 0.05) is 24.3 Å². The highest BCUT2D eigenvalue weighted by molar-refractivity contribution is 5.97. The van der Waals surface area contributed by atoms with Crippen molar-refractivity contribution in [2.24, 2.45) is 0 Å². The van der Waals surface area contributed by atoms with E-state index in [1.807, 2.05) is 0 Å². The second-order valence-electron chi connectivity index (χ2n) is 5.71. The number of carbonyl (C=O) groups is 3. The first-order valence-electron chi connectivity index (χ1n) is 7.64. The van der Waals surface area contributed by atoms with Gasteiger partial charge >= 0.3 is 5.97 Å². The highest BCUT2D eigenvalue weighted by Crippen LogP contribution is 2.24. The van der Waals surface area contributed by atoms with Crippen molar-refractivity contribution in [3.63, 3.8) is 0 Å². The van der Waals surface area contributed by atoms with Gasteiger partial charge in [-0.05, 0) is 43.5 Å². The van der Waals surface area contributed by atoms with Crippen LogP contribution in [0.1, 0.15) is 25.7 Å². The summed E-state index contributed by atoms with van der Waals surface area (Å²) >= 11 is 0. The first-order chi connectivity index (χ1) is 11.0. The Labute approximate surface area is 133 Å². The number of aliphatic carboxylic acids is 1. The third kappa shape index (κ3) is 3.34. The highest BCUT2D eigenvalue weighted by atomic mass is 16.5. The number of carboxylic acid groups (broad SMARTS) is 1. The molecule has 0 bridgehead atoms. The quantitative estimate of drug-likeness (QED) is 0.874. The van der Waals surface area contributed by atoms with Crippen LogP contribution in [-0.4, -0.2) is 41.6 Å². The fourth-order valence-electron chi connectivity index (χ4n) is 2.88. The number of hydrogen-bond donors (Lipinski definition) is 2. The third-order valence-electron chi connectivity index (χ3n) is 4.11. The summed E-state index contributed by atoms with van der Waals surface area (Å²) in [6.45, 7) is 0.719. The summed E-state index contributed by atoms with van der Waals surface area (Å²) in [6.07, 6.45) is 0.515. The molecule has 2 saturated heterocycles. The molecule has 2 heterocycles. The average molecular weight is 318 g/mol. The van der Waals surface area contributed by atoms with Crippen molar-refractivity contribution in [1.29, 1.82) is 0 Å². The number of anilines is 2. The Morgan fingerprint density at radius 1 is 1.17 bits per heavy atom. The number of carboxylic acids is 1. The molecule has 1 aromatic rings. The summed E-state index contributed by atoms with van der Waals surface area (Å²) in [5, 5.41) is 11.6. The van der Waals surface area contributed by atoms with Crippen molar-refractivity contribution in [3.05, 3.63) is 24.3 Å². The van der Waals surface area contributed by atoms with Gasteiger partial charge in [-0.25, -0.2) is 4.79 Å². The van der Waals surface area contributed by atoms with Crippen molar-refractivity contribution in [3.8, 4) is 0 Å². The first kappa shape index (κ1) is 15.5. The fraction of sp³-hybridized carbons (Fsp3) is 0.438. The van der Waals surface area contributed by atoms with Gasteiger partial charge in [0.1, 0.15) is 6.10 Å². The highest BCUT2D eigenvalue weighted by Gasteiger charge is 2.34. The number of carbonyl (C=O) groups excluding carboxylic acids is 2. The van der Waals surface area contributed by atoms with Crippen molar-refractivity contribution in [2.75, 3.05) is 16.8 Å². The van der Waals surface area contributed by atoms with Crippen LogP contribution in [0.5, 0.6) is 0 Å². The Bertz CT molecular complexity index is 628. The standard InChI is InChI=1S/C16H18N2O5/c19-14-2-1-9-18(14)11-5-3-10(4-6-11)17-15(20)12-7-8-13(23-12)16(21)22/h3-6,12-13H,1-2,7-9H2,(H,17,20)(H,21,22). The van der Waals surface area contributed by atoms with Crippen molar-refractivity contribution >= 4 is 29.2 Å². The van der Waals surface area contributed by atoms with Gasteiger partial charge in [0.2, 0.25) is 5.91 Å². The van der Waals surface area contributed by atoms with Gasteiger partial charge in [-0.2, -0.15) is 0 Å². The Balaban J connectivity index is 1.59. The minimum Gasteiger partial charge on any atom is -0.479 e. The van der Waals surface area contributed by atoms with E-state index < -0.39 is 18.2 Å². The summed E-state index contributed by atoms with van der Waals surface area (Å²) in [4.78, 5) is 36.3. The molecular formula is C16H18N2O5. The molecule has 2 aliphatic rings. The molecule has 2 N–H and O–H groups in total. The molecule has 2 fully saturated rings. The van der Waals surface area contributed by atoms with Crippen LogP contribution in [-0.2, 0) is 19.1 Å². The van der Waals surface area contributed by atoms with E-state index in [1.54, 1.807) is 29.2 Å². The Hall–Kier alpha value is -2.41. The van der Waals surface area contributed by atoms with E-state index in [2.05, 4.69) is 5.32 Å². The predicted octanol–water partition coefficient (Wildman–Crippen LogP) is 1.38. The molecule has 23 heavy (non-hydrogen) atoms. The number of rotatable bonds is 4. The normalized spacial score (nSPS) is 24.0. The van der Waals surface area contributed by atoms with Gasteiger partial charge in [-0.3, -0.25) is 9.59 Å². The topological polar surface area (TPSA) is 95.9 Å². The van der Waals surface area contributed by atoms with Crippen LogP contribution in [0.3, 0.4) is 0 Å². The second-order valence-corrected chi connectivity index (χ2v) is 5.71. The predicted molar refractivity (Wildman–Crippen MR) is 82.2 cm³/mol. The lowest BCUT2D eigenvalue weighted by atomic mass is 10.2. The lowest BCUT2D eigenvalue weighted by molar-refractivity contribution is -0.150. The van der Waals surface area contributed by atoms with Crippen LogP contribution >= 0.6 is 0 Å². The van der Waals surface area contributed by atoms with Crippen LogP contribution in [0.15, 0.2) is 24.3 Å². The van der Waals surface area contributed by atoms with Gasteiger partial charge in [-0.1, -0.05) is 0 Å². The van der Waals surface area contributed by atoms with Crippen LogP contribution in [0.25, 0.3) is 0 Å². The molecule has 0 spiro atoms. The number of hydrogen-bond acceptors (Lipinski definition) is 4. The molecule has 1 aromatic carbocycles. The number of nitrogens with one attached hydrogen (secondary N) is 1. The third-order valence-corrected chi connectivity index (χ3v) is 4.11. The molecule has 7 nitrogen and oxygen atoms in total. The lowest BCUT2D eigenvalue weighted by Crippen LogP contribution is -2.30. The maximum atomic E-state index is 12.1. The van der Waals surface area contributed by atoms with Crippen molar-refractivity contribution in [1.82, 2.24) is 0 Å². The fourth-order valence-corrected chi connectivity index (χ4v) is 2.88. The molecule has 0 aromatic heterocycles. The summed E-state index contributed by atoms with van der Waals surface area (Å²) in [6, 6.07) is 7.02. The number of nitrogens with zero attached hydrogens (tertiary/aromatic N) is 1. The summed E-state index contributed by atoms with van der Waals surface area (Å²) in [7, 11) is 0. The molecule has 122 valence electrons. The van der Waals surface area contributed by atoms with E-state index in [-0.39, 0.29) is 11.8 Å². The van der Waals surface area contributed by atoms with Gasteiger partial charge in [0.15, 0.2) is 6.10 Å².